The number of aliphatic imine (C=N–C) groups is 1. The molecule has 0 spiro atoms. The number of guanidine groups is 1. The van der Waals surface area contributed by atoms with Crippen LogP contribution < -0.4 is 11.1 Å². The van der Waals surface area contributed by atoms with E-state index in [2.05, 4.69) is 10.3 Å². The minimum absolute atomic E-state index is 0. The summed E-state index contributed by atoms with van der Waals surface area (Å²) >= 11 is 0. The normalized spacial score (nSPS) is 10.8. The predicted octanol–water partition coefficient (Wildman–Crippen LogP) is 3.41. The van der Waals surface area contributed by atoms with E-state index in [9.17, 15) is 4.39 Å². The first-order valence-electron chi connectivity index (χ1n) is 6.11. The summed E-state index contributed by atoms with van der Waals surface area (Å²) in [6.45, 7) is 0.451. The monoisotopic (exact) mass is 385 g/mol. The van der Waals surface area contributed by atoms with Crippen LogP contribution in [0.2, 0.25) is 0 Å². The summed E-state index contributed by atoms with van der Waals surface area (Å²) in [5.74, 6) is 0.134. The van der Waals surface area contributed by atoms with Crippen LogP contribution in [-0.2, 0) is 6.42 Å². The number of nitrogens with one attached hydrogen (secondary N) is 1. The third kappa shape index (κ3) is 5.16. The summed E-state index contributed by atoms with van der Waals surface area (Å²) in [6.07, 6.45) is 0.532. The van der Waals surface area contributed by atoms with Crippen LogP contribution in [0.4, 0.5) is 10.1 Å². The molecule has 0 atom stereocenters. The molecule has 0 radical (unpaired) electrons. The maximum Gasteiger partial charge on any atom is 0.193 e. The number of anilines is 1. The first kappa shape index (κ1) is 16.4. The van der Waals surface area contributed by atoms with E-state index in [-0.39, 0.29) is 29.8 Å². The van der Waals surface area contributed by atoms with Crippen molar-refractivity contribution in [3.05, 3.63) is 66.0 Å². The van der Waals surface area contributed by atoms with E-state index in [1.165, 1.54) is 6.07 Å². The van der Waals surface area contributed by atoms with Crippen molar-refractivity contribution in [2.45, 2.75) is 6.42 Å². The highest BCUT2D eigenvalue weighted by molar-refractivity contribution is 14.0. The van der Waals surface area contributed by atoms with Crippen molar-refractivity contribution in [1.29, 1.82) is 0 Å². The molecular formula is C15H17FIN3. The van der Waals surface area contributed by atoms with Crippen LogP contribution in [0.25, 0.3) is 0 Å². The maximum atomic E-state index is 13.4. The van der Waals surface area contributed by atoms with Gasteiger partial charge >= 0.3 is 0 Å². The molecule has 0 heterocycles. The summed E-state index contributed by atoms with van der Waals surface area (Å²) in [5.41, 5.74) is 7.29. The molecule has 0 fully saturated rings. The highest BCUT2D eigenvalue weighted by Gasteiger charge is 1.99. The van der Waals surface area contributed by atoms with Gasteiger partial charge < -0.3 is 11.1 Å². The fourth-order valence-corrected chi connectivity index (χ4v) is 1.71. The second kappa shape index (κ2) is 8.52. The Kier molecular flexibility index (Phi) is 7.00. The summed E-state index contributed by atoms with van der Waals surface area (Å²) in [5, 5.41) is 2.98. The largest absolute Gasteiger partial charge is 0.370 e. The van der Waals surface area contributed by atoms with Gasteiger partial charge in [-0.2, -0.15) is 0 Å². The molecule has 2 rings (SSSR count). The van der Waals surface area contributed by atoms with Gasteiger partial charge in [-0.1, -0.05) is 36.4 Å². The number of hydrogen-bond acceptors (Lipinski definition) is 1. The molecule has 3 nitrogen and oxygen atoms in total. The summed E-state index contributed by atoms with van der Waals surface area (Å²) in [6, 6.07) is 16.2. The molecule has 0 aliphatic carbocycles. The molecule has 0 bridgehead atoms. The smallest absolute Gasteiger partial charge is 0.193 e. The van der Waals surface area contributed by atoms with E-state index >= 15 is 0 Å². The Morgan fingerprint density at radius 1 is 1.05 bits per heavy atom. The van der Waals surface area contributed by atoms with Crippen molar-refractivity contribution in [1.82, 2.24) is 0 Å². The fourth-order valence-electron chi connectivity index (χ4n) is 1.71. The third-order valence-corrected chi connectivity index (χ3v) is 2.67. The van der Waals surface area contributed by atoms with Crippen LogP contribution in [0.15, 0.2) is 59.6 Å². The second-order valence-corrected chi connectivity index (χ2v) is 4.10. The van der Waals surface area contributed by atoms with E-state index < -0.39 is 0 Å². The summed E-state index contributed by atoms with van der Waals surface area (Å²) in [4.78, 5) is 4.17. The van der Waals surface area contributed by atoms with Gasteiger partial charge in [0.15, 0.2) is 5.96 Å². The number of rotatable bonds is 4. The third-order valence-electron chi connectivity index (χ3n) is 2.67. The van der Waals surface area contributed by atoms with Crippen molar-refractivity contribution in [3.8, 4) is 0 Å². The Hall–Kier alpha value is -1.63. The Morgan fingerprint density at radius 2 is 1.70 bits per heavy atom. The SMILES string of the molecule is I.NC(=NCCc1ccccc1F)Nc1ccccc1. The maximum absolute atomic E-state index is 13.4. The van der Waals surface area contributed by atoms with Gasteiger partial charge in [0.2, 0.25) is 0 Å². The van der Waals surface area contributed by atoms with Gasteiger partial charge in [0.05, 0.1) is 0 Å². The van der Waals surface area contributed by atoms with Crippen LogP contribution >= 0.6 is 24.0 Å². The lowest BCUT2D eigenvalue weighted by molar-refractivity contribution is 0.609. The first-order chi connectivity index (χ1) is 9.25. The van der Waals surface area contributed by atoms with E-state index in [0.717, 1.165) is 5.69 Å². The molecule has 0 amide bonds. The molecule has 0 unspecified atom stereocenters. The molecule has 2 aromatic rings. The molecule has 20 heavy (non-hydrogen) atoms. The van der Waals surface area contributed by atoms with Crippen LogP contribution in [-0.4, -0.2) is 12.5 Å². The zero-order valence-electron chi connectivity index (χ0n) is 10.9. The fraction of sp³-hybridized carbons (Fsp3) is 0.133. The highest BCUT2D eigenvalue weighted by Crippen LogP contribution is 2.07. The average Bonchev–Trinajstić information content (AvgIpc) is 2.42. The van der Waals surface area contributed by atoms with Crippen LogP contribution in [0, 0.1) is 5.82 Å². The van der Waals surface area contributed by atoms with Gasteiger partial charge in [-0.15, -0.1) is 24.0 Å². The van der Waals surface area contributed by atoms with Crippen molar-refractivity contribution in [3.63, 3.8) is 0 Å². The van der Waals surface area contributed by atoms with Gasteiger partial charge in [-0.25, -0.2) is 4.39 Å². The minimum Gasteiger partial charge on any atom is -0.370 e. The quantitative estimate of drug-likeness (QED) is 0.482. The molecule has 2 aromatic carbocycles. The van der Waals surface area contributed by atoms with Crippen LogP contribution in [0.5, 0.6) is 0 Å². The topological polar surface area (TPSA) is 50.4 Å². The predicted molar refractivity (Wildman–Crippen MR) is 92.1 cm³/mol. The Bertz CT molecular complexity index is 558. The lowest BCUT2D eigenvalue weighted by Gasteiger charge is -2.05. The highest BCUT2D eigenvalue weighted by atomic mass is 127. The second-order valence-electron chi connectivity index (χ2n) is 4.10. The molecule has 0 saturated carbocycles. The number of nitrogens with zero attached hydrogens (tertiary/aromatic N) is 1. The number of nitrogens with two attached hydrogens (primary N) is 1. The Morgan fingerprint density at radius 3 is 2.40 bits per heavy atom. The Balaban J connectivity index is 0.00000200. The van der Waals surface area contributed by atoms with E-state index in [1.54, 1.807) is 12.1 Å². The zero-order valence-corrected chi connectivity index (χ0v) is 13.3. The van der Waals surface area contributed by atoms with Gasteiger partial charge in [0.25, 0.3) is 0 Å². The van der Waals surface area contributed by atoms with Crippen LogP contribution in [0.3, 0.4) is 0 Å². The molecule has 0 aliphatic heterocycles. The van der Waals surface area contributed by atoms with Gasteiger partial charge in [-0.3, -0.25) is 4.99 Å². The van der Waals surface area contributed by atoms with Crippen molar-refractivity contribution >= 4 is 35.6 Å². The lowest BCUT2D eigenvalue weighted by atomic mass is 10.1. The van der Waals surface area contributed by atoms with Crippen molar-refractivity contribution in [2.75, 3.05) is 11.9 Å². The van der Waals surface area contributed by atoms with Gasteiger partial charge in [0, 0.05) is 12.2 Å². The zero-order chi connectivity index (χ0) is 13.5. The molecule has 0 aliphatic rings. The van der Waals surface area contributed by atoms with E-state index in [4.69, 9.17) is 5.73 Å². The molecule has 106 valence electrons. The molecule has 5 heteroatoms. The molecule has 0 aromatic heterocycles. The van der Waals surface area contributed by atoms with Gasteiger partial charge in [0.1, 0.15) is 5.82 Å². The minimum atomic E-state index is -0.202. The van der Waals surface area contributed by atoms with Crippen molar-refractivity contribution < 1.29 is 4.39 Å². The number of hydrogen-bond donors (Lipinski definition) is 2. The summed E-state index contributed by atoms with van der Waals surface area (Å²) in [7, 11) is 0. The standard InChI is InChI=1S/C15H16FN3.HI/c16-14-9-5-4-6-12(14)10-11-18-15(17)19-13-7-2-1-3-8-13;/h1-9H,10-11H2,(H3,17,18,19);1H. The first-order valence-corrected chi connectivity index (χ1v) is 6.11. The molecule has 3 N–H and O–H groups in total. The van der Waals surface area contributed by atoms with E-state index in [1.807, 2.05) is 36.4 Å². The summed E-state index contributed by atoms with van der Waals surface area (Å²) < 4.78 is 13.4. The van der Waals surface area contributed by atoms with Crippen molar-refractivity contribution in [2.24, 2.45) is 10.7 Å². The number of para-hydroxylation sites is 1. The number of benzene rings is 2. The van der Waals surface area contributed by atoms with Crippen LogP contribution in [0.1, 0.15) is 5.56 Å². The molecular weight excluding hydrogens is 368 g/mol. The lowest BCUT2D eigenvalue weighted by Crippen LogP contribution is -2.23. The number of halogens is 2. The average molecular weight is 385 g/mol. The van der Waals surface area contributed by atoms with E-state index in [0.29, 0.717) is 24.5 Å². The van der Waals surface area contributed by atoms with Gasteiger partial charge in [-0.05, 0) is 30.2 Å². The molecule has 0 saturated heterocycles. The Labute approximate surface area is 135 Å².